The van der Waals surface area contributed by atoms with Gasteiger partial charge in [-0.05, 0) is 18.2 Å². The molecule has 3 heterocycles. The summed E-state index contributed by atoms with van der Waals surface area (Å²) >= 11 is 0. The van der Waals surface area contributed by atoms with Gasteiger partial charge in [-0.3, -0.25) is 10.1 Å². The molecule has 132 valence electrons. The molecule has 1 N–H and O–H groups in total. The summed E-state index contributed by atoms with van der Waals surface area (Å²) in [5.41, 5.74) is 2.88. The third-order valence-corrected chi connectivity index (χ3v) is 3.18. The van der Waals surface area contributed by atoms with Crippen molar-refractivity contribution in [3.63, 3.8) is 0 Å². The maximum absolute atomic E-state index is 11.1. The Morgan fingerprint density at radius 2 is 2.27 bits per heavy atom. The van der Waals surface area contributed by atoms with Gasteiger partial charge in [0, 0.05) is 18.0 Å². The molecular weight excluding hydrogens is 344 g/mol. The summed E-state index contributed by atoms with van der Waals surface area (Å²) in [4.78, 5) is 25.4. The number of ether oxygens (including phenoxy) is 1. The molecular formula is C15H12N6O5. The molecule has 11 nitrogen and oxygen atoms in total. The van der Waals surface area contributed by atoms with Crippen molar-refractivity contribution < 1.29 is 18.9 Å². The molecule has 0 bridgehead atoms. The van der Waals surface area contributed by atoms with Crippen molar-refractivity contribution >= 4 is 18.2 Å². The van der Waals surface area contributed by atoms with Crippen LogP contribution in [0.25, 0.3) is 17.3 Å². The number of methoxy groups -OCH3 is 1. The van der Waals surface area contributed by atoms with E-state index in [0.29, 0.717) is 17.1 Å². The first-order chi connectivity index (χ1) is 12.6. The maximum atomic E-state index is 11.1. The van der Waals surface area contributed by atoms with Crippen molar-refractivity contribution in [3.05, 3.63) is 58.4 Å². The molecule has 0 atom stereocenters. The number of furan rings is 1. The van der Waals surface area contributed by atoms with E-state index in [0.717, 1.165) is 0 Å². The SMILES string of the molecule is COC(=O)N/N=C/c1cn(-c2ccccn2)nc1-c1ccc([N+](=O)[O-])o1. The van der Waals surface area contributed by atoms with Crippen molar-refractivity contribution in [2.45, 2.75) is 0 Å². The second-order valence-corrected chi connectivity index (χ2v) is 4.82. The second kappa shape index (κ2) is 7.25. The Morgan fingerprint density at radius 3 is 2.92 bits per heavy atom. The molecule has 11 heteroatoms. The average molecular weight is 356 g/mol. The molecule has 26 heavy (non-hydrogen) atoms. The lowest BCUT2D eigenvalue weighted by Gasteiger charge is -1.97. The van der Waals surface area contributed by atoms with Gasteiger partial charge in [0.05, 0.1) is 19.4 Å². The lowest BCUT2D eigenvalue weighted by molar-refractivity contribution is -0.401. The van der Waals surface area contributed by atoms with Gasteiger partial charge in [-0.15, -0.1) is 0 Å². The van der Waals surface area contributed by atoms with Crippen LogP contribution in [0.3, 0.4) is 0 Å². The number of amides is 1. The minimum atomic E-state index is -0.742. The summed E-state index contributed by atoms with van der Waals surface area (Å²) in [5.74, 6) is 0.282. The van der Waals surface area contributed by atoms with Crippen LogP contribution >= 0.6 is 0 Å². The van der Waals surface area contributed by atoms with Crippen molar-refractivity contribution in [2.75, 3.05) is 7.11 Å². The zero-order valence-electron chi connectivity index (χ0n) is 13.4. The van der Waals surface area contributed by atoms with Crippen LogP contribution in [-0.2, 0) is 4.74 Å². The molecule has 1 amide bonds. The zero-order valence-corrected chi connectivity index (χ0v) is 13.4. The number of carbonyl (C=O) groups excluding carboxylic acids is 1. The van der Waals surface area contributed by atoms with Crippen molar-refractivity contribution in [3.8, 4) is 17.3 Å². The van der Waals surface area contributed by atoms with E-state index in [9.17, 15) is 14.9 Å². The monoisotopic (exact) mass is 356 g/mol. The minimum absolute atomic E-state index is 0.172. The standard InChI is InChI=1S/C15H12N6O5/c1-25-15(22)18-17-8-10-9-20(12-4-2-3-7-16-12)19-14(10)11-5-6-13(26-11)21(23)24/h2-9H,1H3,(H,18,22)/b17-8+. The number of rotatable bonds is 5. The first-order valence-electron chi connectivity index (χ1n) is 7.21. The van der Waals surface area contributed by atoms with E-state index >= 15 is 0 Å². The molecule has 3 aromatic heterocycles. The lowest BCUT2D eigenvalue weighted by Crippen LogP contribution is -2.16. The molecule has 3 aromatic rings. The third-order valence-electron chi connectivity index (χ3n) is 3.18. The van der Waals surface area contributed by atoms with E-state index in [2.05, 4.69) is 25.3 Å². The zero-order chi connectivity index (χ0) is 18.5. The van der Waals surface area contributed by atoms with Crippen molar-refractivity contribution in [1.82, 2.24) is 20.2 Å². The third kappa shape index (κ3) is 3.56. The lowest BCUT2D eigenvalue weighted by atomic mass is 10.2. The van der Waals surface area contributed by atoms with Gasteiger partial charge in [-0.2, -0.15) is 10.2 Å². The number of nitrogens with one attached hydrogen (secondary N) is 1. The Balaban J connectivity index is 2.00. The first kappa shape index (κ1) is 16.8. The molecule has 0 unspecified atom stereocenters. The highest BCUT2D eigenvalue weighted by Gasteiger charge is 2.19. The highest BCUT2D eigenvalue weighted by molar-refractivity contribution is 5.88. The molecule has 0 fully saturated rings. The van der Waals surface area contributed by atoms with Gasteiger partial charge in [0.1, 0.15) is 10.6 Å². The Kier molecular flexibility index (Phi) is 4.69. The summed E-state index contributed by atoms with van der Waals surface area (Å²) in [6, 6.07) is 7.92. The van der Waals surface area contributed by atoms with E-state index in [1.54, 1.807) is 30.6 Å². The summed E-state index contributed by atoms with van der Waals surface area (Å²) in [7, 11) is 1.21. The van der Waals surface area contributed by atoms with E-state index in [1.807, 2.05) is 0 Å². The van der Waals surface area contributed by atoms with Crippen LogP contribution in [0.5, 0.6) is 0 Å². The first-order valence-corrected chi connectivity index (χ1v) is 7.21. The Morgan fingerprint density at radius 1 is 1.42 bits per heavy atom. The van der Waals surface area contributed by atoms with Crippen LogP contribution in [0.15, 0.2) is 52.2 Å². The summed E-state index contributed by atoms with van der Waals surface area (Å²) < 4.78 is 11.1. The second-order valence-electron chi connectivity index (χ2n) is 4.82. The molecule has 0 aliphatic carbocycles. The fourth-order valence-corrected chi connectivity index (χ4v) is 2.03. The summed E-state index contributed by atoms with van der Waals surface area (Å²) in [5, 5.41) is 18.9. The minimum Gasteiger partial charge on any atom is -0.452 e. The van der Waals surface area contributed by atoms with Gasteiger partial charge in [0.25, 0.3) is 0 Å². The fraction of sp³-hybridized carbons (Fsp3) is 0.0667. The highest BCUT2D eigenvalue weighted by Crippen LogP contribution is 2.27. The number of carbonyl (C=O) groups is 1. The summed E-state index contributed by atoms with van der Waals surface area (Å²) in [6.45, 7) is 0. The average Bonchev–Trinajstić information content (AvgIpc) is 3.29. The van der Waals surface area contributed by atoms with Crippen LogP contribution in [0, 0.1) is 10.1 Å². The highest BCUT2D eigenvalue weighted by atomic mass is 16.6. The maximum Gasteiger partial charge on any atom is 0.433 e. The number of pyridine rings is 1. The Hall–Kier alpha value is -4.02. The number of hydrazone groups is 1. The fourth-order valence-electron chi connectivity index (χ4n) is 2.03. The van der Waals surface area contributed by atoms with Crippen LogP contribution in [0.1, 0.15) is 5.56 Å². The molecule has 0 aromatic carbocycles. The number of aromatic nitrogens is 3. The smallest absolute Gasteiger partial charge is 0.433 e. The number of nitrogens with zero attached hydrogens (tertiary/aromatic N) is 5. The van der Waals surface area contributed by atoms with Gasteiger partial charge in [-0.1, -0.05) is 6.07 Å². The van der Waals surface area contributed by atoms with Crippen LogP contribution in [-0.4, -0.2) is 39.1 Å². The molecule has 0 saturated heterocycles. The normalized spacial score (nSPS) is 10.8. The Labute approximate surface area is 146 Å². The quantitative estimate of drug-likeness (QED) is 0.420. The molecule has 3 rings (SSSR count). The van der Waals surface area contributed by atoms with E-state index < -0.39 is 16.9 Å². The Bertz CT molecular complexity index is 962. The predicted octanol–water partition coefficient (Wildman–Crippen LogP) is 2.13. The molecule has 0 spiro atoms. The van der Waals surface area contributed by atoms with Crippen molar-refractivity contribution in [2.24, 2.45) is 5.10 Å². The van der Waals surface area contributed by atoms with Crippen LogP contribution < -0.4 is 5.43 Å². The largest absolute Gasteiger partial charge is 0.452 e. The molecule has 0 radical (unpaired) electrons. The van der Waals surface area contributed by atoms with E-state index in [-0.39, 0.29) is 5.76 Å². The van der Waals surface area contributed by atoms with Crippen molar-refractivity contribution in [1.29, 1.82) is 0 Å². The van der Waals surface area contributed by atoms with Gasteiger partial charge in [0.15, 0.2) is 11.6 Å². The number of hydrogen-bond donors (Lipinski definition) is 1. The van der Waals surface area contributed by atoms with E-state index in [1.165, 1.54) is 30.1 Å². The van der Waals surface area contributed by atoms with Gasteiger partial charge in [-0.25, -0.2) is 19.9 Å². The van der Waals surface area contributed by atoms with Gasteiger partial charge in [0.2, 0.25) is 0 Å². The van der Waals surface area contributed by atoms with Crippen LogP contribution in [0.4, 0.5) is 10.7 Å². The van der Waals surface area contributed by atoms with E-state index in [4.69, 9.17) is 4.42 Å². The summed E-state index contributed by atoms with van der Waals surface area (Å²) in [6.07, 6.45) is 3.76. The van der Waals surface area contributed by atoms with Crippen LogP contribution in [0.2, 0.25) is 0 Å². The molecule has 0 saturated carbocycles. The molecule has 0 aliphatic rings. The number of hydrogen-bond acceptors (Lipinski definition) is 8. The predicted molar refractivity (Wildman–Crippen MR) is 88.9 cm³/mol. The topological polar surface area (TPSA) is 138 Å². The molecule has 0 aliphatic heterocycles. The van der Waals surface area contributed by atoms with Gasteiger partial charge < -0.3 is 9.15 Å². The number of nitro groups is 1. The van der Waals surface area contributed by atoms with Gasteiger partial charge >= 0.3 is 12.0 Å².